The van der Waals surface area contributed by atoms with E-state index in [1.165, 1.54) is 18.1 Å². The van der Waals surface area contributed by atoms with Gasteiger partial charge >= 0.3 is 5.97 Å². The standard InChI is InChI=1S/C14H17NO5/c1-15(2)12(16)9-20-14-10(7-8-13(17)18)5-4-6-11(14)19-3/h4-8H,9H2,1-3H3,(H,17,18)/b8-7+. The fourth-order valence-electron chi connectivity index (χ4n) is 1.40. The number of hydrogen-bond acceptors (Lipinski definition) is 4. The van der Waals surface area contributed by atoms with E-state index in [2.05, 4.69) is 0 Å². The van der Waals surface area contributed by atoms with E-state index in [0.717, 1.165) is 6.08 Å². The van der Waals surface area contributed by atoms with Crippen LogP contribution >= 0.6 is 0 Å². The number of carbonyl (C=O) groups excluding carboxylic acids is 1. The number of methoxy groups -OCH3 is 1. The molecule has 0 aliphatic rings. The molecule has 20 heavy (non-hydrogen) atoms. The molecule has 0 saturated carbocycles. The molecule has 0 atom stereocenters. The lowest BCUT2D eigenvalue weighted by Crippen LogP contribution is -2.27. The van der Waals surface area contributed by atoms with Gasteiger partial charge in [0.15, 0.2) is 18.1 Å². The molecular weight excluding hydrogens is 262 g/mol. The van der Waals surface area contributed by atoms with E-state index >= 15 is 0 Å². The van der Waals surface area contributed by atoms with Crippen molar-refractivity contribution in [1.82, 2.24) is 4.90 Å². The highest BCUT2D eigenvalue weighted by molar-refractivity contribution is 5.86. The molecule has 6 nitrogen and oxygen atoms in total. The van der Waals surface area contributed by atoms with E-state index in [9.17, 15) is 9.59 Å². The van der Waals surface area contributed by atoms with Gasteiger partial charge in [0, 0.05) is 25.7 Å². The molecule has 1 rings (SSSR count). The van der Waals surface area contributed by atoms with Gasteiger partial charge < -0.3 is 19.5 Å². The lowest BCUT2D eigenvalue weighted by atomic mass is 10.1. The quantitative estimate of drug-likeness (QED) is 0.793. The number of rotatable bonds is 6. The first kappa shape index (κ1) is 15.6. The second-order valence-corrected chi connectivity index (χ2v) is 4.13. The van der Waals surface area contributed by atoms with Crippen molar-refractivity contribution < 1.29 is 24.2 Å². The highest BCUT2D eigenvalue weighted by atomic mass is 16.5. The third kappa shape index (κ3) is 4.31. The summed E-state index contributed by atoms with van der Waals surface area (Å²) in [6.45, 7) is -0.152. The molecule has 108 valence electrons. The Labute approximate surface area is 117 Å². The number of nitrogens with zero attached hydrogens (tertiary/aromatic N) is 1. The van der Waals surface area contributed by atoms with Crippen LogP contribution in [0, 0.1) is 0 Å². The lowest BCUT2D eigenvalue weighted by Gasteiger charge is -2.15. The topological polar surface area (TPSA) is 76.1 Å². The van der Waals surface area contributed by atoms with Gasteiger partial charge in [-0.2, -0.15) is 0 Å². The average molecular weight is 279 g/mol. The highest BCUT2D eigenvalue weighted by Gasteiger charge is 2.12. The van der Waals surface area contributed by atoms with E-state index < -0.39 is 5.97 Å². The highest BCUT2D eigenvalue weighted by Crippen LogP contribution is 2.32. The lowest BCUT2D eigenvalue weighted by molar-refractivity contribution is -0.132. The van der Waals surface area contributed by atoms with Crippen LogP contribution in [0.2, 0.25) is 0 Å². The zero-order chi connectivity index (χ0) is 15.1. The minimum Gasteiger partial charge on any atom is -0.493 e. The third-order valence-corrected chi connectivity index (χ3v) is 2.47. The predicted octanol–water partition coefficient (Wildman–Crippen LogP) is 1.26. The first-order chi connectivity index (χ1) is 9.45. The second kappa shape index (κ2) is 7.18. The molecule has 1 amide bonds. The summed E-state index contributed by atoms with van der Waals surface area (Å²) < 4.78 is 10.6. The van der Waals surface area contributed by atoms with Crippen LogP contribution in [-0.2, 0) is 9.59 Å². The van der Waals surface area contributed by atoms with Crippen LogP contribution in [-0.4, -0.2) is 49.7 Å². The molecule has 1 N–H and O–H groups in total. The van der Waals surface area contributed by atoms with Crippen LogP contribution in [0.15, 0.2) is 24.3 Å². The normalized spacial score (nSPS) is 10.3. The van der Waals surface area contributed by atoms with Crippen molar-refractivity contribution >= 4 is 18.0 Å². The van der Waals surface area contributed by atoms with Gasteiger partial charge in [0.05, 0.1) is 7.11 Å². The molecule has 0 fully saturated rings. The molecule has 0 heterocycles. The van der Waals surface area contributed by atoms with Gasteiger partial charge in [-0.05, 0) is 12.1 Å². The predicted molar refractivity (Wildman–Crippen MR) is 73.9 cm³/mol. The summed E-state index contributed by atoms with van der Waals surface area (Å²) in [7, 11) is 4.72. The van der Waals surface area contributed by atoms with E-state index in [-0.39, 0.29) is 12.5 Å². The van der Waals surface area contributed by atoms with Crippen molar-refractivity contribution in [3.8, 4) is 11.5 Å². The van der Waals surface area contributed by atoms with Crippen molar-refractivity contribution in [2.45, 2.75) is 0 Å². The number of benzene rings is 1. The Bertz CT molecular complexity index is 522. The third-order valence-electron chi connectivity index (χ3n) is 2.47. The number of ether oxygens (including phenoxy) is 2. The molecule has 0 radical (unpaired) electrons. The molecule has 1 aromatic carbocycles. The molecule has 0 spiro atoms. The first-order valence-corrected chi connectivity index (χ1v) is 5.86. The monoisotopic (exact) mass is 279 g/mol. The van der Waals surface area contributed by atoms with Crippen molar-refractivity contribution in [3.63, 3.8) is 0 Å². The number of carboxylic acid groups (broad SMARTS) is 1. The molecule has 0 aliphatic carbocycles. The number of amides is 1. The van der Waals surface area contributed by atoms with Gasteiger partial charge in [0.25, 0.3) is 5.91 Å². The van der Waals surface area contributed by atoms with Gasteiger partial charge in [0.2, 0.25) is 0 Å². The largest absolute Gasteiger partial charge is 0.493 e. The Kier molecular flexibility index (Phi) is 5.58. The zero-order valence-corrected chi connectivity index (χ0v) is 11.6. The van der Waals surface area contributed by atoms with E-state index in [1.807, 2.05) is 0 Å². The minimum atomic E-state index is -1.07. The molecule has 0 saturated heterocycles. The Morgan fingerprint density at radius 2 is 2.05 bits per heavy atom. The minimum absolute atomic E-state index is 0.152. The van der Waals surface area contributed by atoms with Crippen LogP contribution in [0.25, 0.3) is 6.08 Å². The van der Waals surface area contributed by atoms with Gasteiger partial charge in [-0.1, -0.05) is 12.1 Å². The van der Waals surface area contributed by atoms with Crippen LogP contribution in [0.5, 0.6) is 11.5 Å². The van der Waals surface area contributed by atoms with Crippen LogP contribution in [0.4, 0.5) is 0 Å². The van der Waals surface area contributed by atoms with Crippen LogP contribution in [0.3, 0.4) is 0 Å². The van der Waals surface area contributed by atoms with Crippen LogP contribution < -0.4 is 9.47 Å². The molecular formula is C14H17NO5. The maximum Gasteiger partial charge on any atom is 0.328 e. The Morgan fingerprint density at radius 1 is 1.35 bits per heavy atom. The van der Waals surface area contributed by atoms with Crippen molar-refractivity contribution in [2.75, 3.05) is 27.8 Å². The van der Waals surface area contributed by atoms with Gasteiger partial charge in [-0.15, -0.1) is 0 Å². The van der Waals surface area contributed by atoms with Crippen molar-refractivity contribution in [1.29, 1.82) is 0 Å². The van der Waals surface area contributed by atoms with Crippen molar-refractivity contribution in [2.24, 2.45) is 0 Å². The molecule has 0 bridgehead atoms. The van der Waals surface area contributed by atoms with E-state index in [4.69, 9.17) is 14.6 Å². The number of aliphatic carboxylic acids is 1. The van der Waals surface area contributed by atoms with E-state index in [1.54, 1.807) is 32.3 Å². The van der Waals surface area contributed by atoms with Gasteiger partial charge in [0.1, 0.15) is 0 Å². The number of likely N-dealkylation sites (N-methyl/N-ethyl adjacent to an activating group) is 1. The molecule has 1 aromatic rings. The Balaban J connectivity index is 3.01. The second-order valence-electron chi connectivity index (χ2n) is 4.13. The Hall–Kier alpha value is -2.50. The van der Waals surface area contributed by atoms with Gasteiger partial charge in [-0.25, -0.2) is 4.79 Å². The number of carboxylic acids is 1. The summed E-state index contributed by atoms with van der Waals surface area (Å²) in [6, 6.07) is 5.06. The molecule has 0 aromatic heterocycles. The summed E-state index contributed by atoms with van der Waals surface area (Å²) in [4.78, 5) is 23.5. The summed E-state index contributed by atoms with van der Waals surface area (Å²) in [5, 5.41) is 8.66. The van der Waals surface area contributed by atoms with Crippen molar-refractivity contribution in [3.05, 3.63) is 29.8 Å². The number of carbonyl (C=O) groups is 2. The number of hydrogen-bond donors (Lipinski definition) is 1. The fourth-order valence-corrected chi connectivity index (χ4v) is 1.40. The number of para-hydroxylation sites is 1. The molecule has 6 heteroatoms. The summed E-state index contributed by atoms with van der Waals surface area (Å²) in [5.74, 6) is -0.501. The SMILES string of the molecule is COc1cccc(/C=C/C(=O)O)c1OCC(=O)N(C)C. The Morgan fingerprint density at radius 3 is 2.60 bits per heavy atom. The first-order valence-electron chi connectivity index (χ1n) is 5.86. The summed E-state index contributed by atoms with van der Waals surface area (Å²) >= 11 is 0. The molecule has 0 aliphatic heterocycles. The van der Waals surface area contributed by atoms with E-state index in [0.29, 0.717) is 17.1 Å². The summed E-state index contributed by atoms with van der Waals surface area (Å²) in [5.41, 5.74) is 0.526. The fraction of sp³-hybridized carbons (Fsp3) is 0.286. The van der Waals surface area contributed by atoms with Gasteiger partial charge in [-0.3, -0.25) is 4.79 Å². The maximum atomic E-state index is 11.5. The molecule has 0 unspecified atom stereocenters. The smallest absolute Gasteiger partial charge is 0.328 e. The zero-order valence-electron chi connectivity index (χ0n) is 11.6. The summed E-state index contributed by atoms with van der Waals surface area (Å²) in [6.07, 6.45) is 2.38. The maximum absolute atomic E-state index is 11.5. The average Bonchev–Trinajstić information content (AvgIpc) is 2.42. The van der Waals surface area contributed by atoms with Crippen LogP contribution in [0.1, 0.15) is 5.56 Å².